The summed E-state index contributed by atoms with van der Waals surface area (Å²) in [5.74, 6) is -0.544. The number of hydrogen-bond donors (Lipinski definition) is 1. The summed E-state index contributed by atoms with van der Waals surface area (Å²) < 4.78 is 18.6. The molecular formula is C18H17FN2O4. The number of rotatable bonds is 7. The van der Waals surface area contributed by atoms with Crippen molar-refractivity contribution >= 4 is 17.9 Å². The van der Waals surface area contributed by atoms with Crippen LogP contribution in [0.1, 0.15) is 17.5 Å². The average Bonchev–Trinajstić information content (AvgIpc) is 2.61. The zero-order valence-electron chi connectivity index (χ0n) is 13.4. The van der Waals surface area contributed by atoms with E-state index in [4.69, 9.17) is 4.74 Å². The van der Waals surface area contributed by atoms with Crippen LogP contribution in [0.5, 0.6) is 0 Å². The van der Waals surface area contributed by atoms with E-state index in [9.17, 15) is 19.3 Å². The number of non-ortho nitro benzene ring substituents is 1. The lowest BCUT2D eigenvalue weighted by molar-refractivity contribution is -0.384. The van der Waals surface area contributed by atoms with Gasteiger partial charge in [-0.15, -0.1) is 0 Å². The number of halogens is 1. The van der Waals surface area contributed by atoms with Crippen LogP contribution < -0.4 is 5.32 Å². The zero-order chi connectivity index (χ0) is 18.1. The second-order valence-electron chi connectivity index (χ2n) is 5.14. The molecule has 2 aromatic rings. The fraction of sp³-hybridized carbons (Fsp3) is 0.167. The molecule has 0 heterocycles. The summed E-state index contributed by atoms with van der Waals surface area (Å²) in [4.78, 5) is 21.6. The zero-order valence-corrected chi connectivity index (χ0v) is 13.4. The first-order valence-corrected chi connectivity index (χ1v) is 7.61. The van der Waals surface area contributed by atoms with Gasteiger partial charge in [-0.2, -0.15) is 0 Å². The SMILES string of the molecule is O=C(NCCC=Cc1cc([N+](=O)[O-])ccc1F)OCc1ccccc1. The summed E-state index contributed by atoms with van der Waals surface area (Å²) in [5, 5.41) is 13.2. The number of nitro benzene ring substituents is 1. The number of amides is 1. The fourth-order valence-corrected chi connectivity index (χ4v) is 2.01. The van der Waals surface area contributed by atoms with Gasteiger partial charge >= 0.3 is 6.09 Å². The molecule has 0 unspecified atom stereocenters. The van der Waals surface area contributed by atoms with Gasteiger partial charge in [0.2, 0.25) is 0 Å². The monoisotopic (exact) mass is 344 g/mol. The van der Waals surface area contributed by atoms with Crippen molar-refractivity contribution < 1.29 is 18.8 Å². The predicted molar refractivity (Wildman–Crippen MR) is 91.3 cm³/mol. The third-order valence-corrected chi connectivity index (χ3v) is 3.28. The maximum absolute atomic E-state index is 13.6. The molecular weight excluding hydrogens is 327 g/mol. The van der Waals surface area contributed by atoms with E-state index in [1.165, 1.54) is 6.08 Å². The molecule has 0 aliphatic carbocycles. The molecule has 130 valence electrons. The van der Waals surface area contributed by atoms with Crippen LogP contribution in [0.4, 0.5) is 14.9 Å². The van der Waals surface area contributed by atoms with E-state index in [1.54, 1.807) is 6.08 Å². The molecule has 0 aliphatic heterocycles. The van der Waals surface area contributed by atoms with Crippen LogP contribution in [-0.2, 0) is 11.3 Å². The highest BCUT2D eigenvalue weighted by molar-refractivity contribution is 5.67. The van der Waals surface area contributed by atoms with Gasteiger partial charge in [0.25, 0.3) is 5.69 Å². The van der Waals surface area contributed by atoms with Gasteiger partial charge in [-0.1, -0.05) is 42.5 Å². The number of benzene rings is 2. The van der Waals surface area contributed by atoms with E-state index in [0.29, 0.717) is 13.0 Å². The summed E-state index contributed by atoms with van der Waals surface area (Å²) in [6, 6.07) is 12.6. The van der Waals surface area contributed by atoms with Crippen LogP contribution >= 0.6 is 0 Å². The van der Waals surface area contributed by atoms with E-state index in [0.717, 1.165) is 23.8 Å². The van der Waals surface area contributed by atoms with Gasteiger partial charge in [0, 0.05) is 24.2 Å². The number of carbonyl (C=O) groups is 1. The second kappa shape index (κ2) is 9.17. The van der Waals surface area contributed by atoms with Crippen LogP contribution in [0.3, 0.4) is 0 Å². The van der Waals surface area contributed by atoms with Crippen molar-refractivity contribution in [1.29, 1.82) is 0 Å². The van der Waals surface area contributed by atoms with Crippen LogP contribution in [0, 0.1) is 15.9 Å². The molecule has 0 bridgehead atoms. The number of nitrogens with one attached hydrogen (secondary N) is 1. The lowest BCUT2D eigenvalue weighted by atomic mass is 10.1. The van der Waals surface area contributed by atoms with Gasteiger partial charge in [0.1, 0.15) is 12.4 Å². The Bertz CT molecular complexity index is 763. The Morgan fingerprint density at radius 2 is 2.00 bits per heavy atom. The van der Waals surface area contributed by atoms with Crippen molar-refractivity contribution in [2.45, 2.75) is 13.0 Å². The first-order valence-electron chi connectivity index (χ1n) is 7.61. The van der Waals surface area contributed by atoms with Crippen molar-refractivity contribution in [2.24, 2.45) is 0 Å². The largest absolute Gasteiger partial charge is 0.445 e. The second-order valence-corrected chi connectivity index (χ2v) is 5.14. The Balaban J connectivity index is 1.73. The van der Waals surface area contributed by atoms with Crippen LogP contribution in [-0.4, -0.2) is 17.6 Å². The molecule has 2 rings (SSSR count). The number of nitro groups is 1. The minimum atomic E-state index is -0.582. The van der Waals surface area contributed by atoms with Crippen LogP contribution in [0.2, 0.25) is 0 Å². The van der Waals surface area contributed by atoms with Crippen LogP contribution in [0.25, 0.3) is 6.08 Å². The summed E-state index contributed by atoms with van der Waals surface area (Å²) in [7, 11) is 0. The minimum absolute atomic E-state index is 0.126. The lowest BCUT2D eigenvalue weighted by Gasteiger charge is -2.05. The number of carbonyl (C=O) groups excluding carboxylic acids is 1. The van der Waals surface area contributed by atoms with Gasteiger partial charge in [0.15, 0.2) is 0 Å². The first kappa shape index (κ1) is 18.1. The Morgan fingerprint density at radius 3 is 2.72 bits per heavy atom. The number of hydrogen-bond acceptors (Lipinski definition) is 4. The Labute approximate surface area is 144 Å². The highest BCUT2D eigenvalue weighted by Gasteiger charge is 2.08. The molecule has 2 aromatic carbocycles. The number of nitrogens with zero attached hydrogens (tertiary/aromatic N) is 1. The molecule has 1 N–H and O–H groups in total. The molecule has 0 spiro atoms. The lowest BCUT2D eigenvalue weighted by Crippen LogP contribution is -2.24. The van der Waals surface area contributed by atoms with Gasteiger partial charge in [-0.05, 0) is 18.1 Å². The van der Waals surface area contributed by atoms with E-state index >= 15 is 0 Å². The topological polar surface area (TPSA) is 81.5 Å². The van der Waals surface area contributed by atoms with Crippen LogP contribution in [0.15, 0.2) is 54.6 Å². The van der Waals surface area contributed by atoms with E-state index in [2.05, 4.69) is 5.32 Å². The predicted octanol–water partition coefficient (Wildman–Crippen LogP) is 4.06. The quantitative estimate of drug-likeness (QED) is 0.466. The standard InChI is InChI=1S/C18H17FN2O4/c19-17-10-9-16(21(23)24)12-15(17)8-4-5-11-20-18(22)25-13-14-6-2-1-3-7-14/h1-4,6-10,12H,5,11,13H2,(H,20,22). The Morgan fingerprint density at radius 1 is 1.24 bits per heavy atom. The first-order chi connectivity index (χ1) is 12.1. The highest BCUT2D eigenvalue weighted by atomic mass is 19.1. The van der Waals surface area contributed by atoms with Crippen molar-refractivity contribution in [2.75, 3.05) is 6.54 Å². The van der Waals surface area contributed by atoms with E-state index in [-0.39, 0.29) is 17.9 Å². The molecule has 0 atom stereocenters. The van der Waals surface area contributed by atoms with Crippen molar-refractivity contribution in [3.05, 3.63) is 81.7 Å². The molecule has 25 heavy (non-hydrogen) atoms. The summed E-state index contributed by atoms with van der Waals surface area (Å²) in [6.07, 6.45) is 2.96. The number of alkyl carbamates (subject to hydrolysis) is 1. The molecule has 0 saturated carbocycles. The van der Waals surface area contributed by atoms with E-state index < -0.39 is 16.8 Å². The van der Waals surface area contributed by atoms with E-state index in [1.807, 2.05) is 30.3 Å². The molecule has 6 nitrogen and oxygen atoms in total. The molecule has 0 radical (unpaired) electrons. The molecule has 7 heteroatoms. The number of ether oxygens (including phenoxy) is 1. The molecule has 0 fully saturated rings. The third kappa shape index (κ3) is 6.06. The summed E-state index contributed by atoms with van der Waals surface area (Å²) in [6.45, 7) is 0.488. The fourth-order valence-electron chi connectivity index (χ4n) is 2.01. The minimum Gasteiger partial charge on any atom is -0.445 e. The summed E-state index contributed by atoms with van der Waals surface area (Å²) >= 11 is 0. The Hall–Kier alpha value is -3.22. The third-order valence-electron chi connectivity index (χ3n) is 3.28. The normalized spacial score (nSPS) is 10.6. The summed E-state index contributed by atoms with van der Waals surface area (Å²) in [5.41, 5.74) is 0.836. The molecule has 0 aliphatic rings. The molecule has 0 aromatic heterocycles. The van der Waals surface area contributed by atoms with Gasteiger partial charge in [-0.25, -0.2) is 9.18 Å². The van der Waals surface area contributed by atoms with Crippen molar-refractivity contribution in [1.82, 2.24) is 5.32 Å². The highest BCUT2D eigenvalue weighted by Crippen LogP contribution is 2.18. The van der Waals surface area contributed by atoms with Gasteiger partial charge < -0.3 is 10.1 Å². The smallest absolute Gasteiger partial charge is 0.407 e. The Kier molecular flexibility index (Phi) is 6.65. The van der Waals surface area contributed by atoms with Crippen molar-refractivity contribution in [3.63, 3.8) is 0 Å². The molecule has 1 amide bonds. The maximum atomic E-state index is 13.6. The molecule has 0 saturated heterocycles. The van der Waals surface area contributed by atoms with Gasteiger partial charge in [0.05, 0.1) is 4.92 Å². The average molecular weight is 344 g/mol. The van der Waals surface area contributed by atoms with Gasteiger partial charge in [-0.3, -0.25) is 10.1 Å². The maximum Gasteiger partial charge on any atom is 0.407 e. The van der Waals surface area contributed by atoms with Crippen molar-refractivity contribution in [3.8, 4) is 0 Å².